The maximum atomic E-state index is 10.8. The van der Waals surface area contributed by atoms with Gasteiger partial charge in [-0.3, -0.25) is 10.1 Å². The Kier molecular flexibility index (Phi) is 4.13. The molecule has 0 bridgehead atoms. The van der Waals surface area contributed by atoms with Crippen molar-refractivity contribution in [3.05, 3.63) is 63.8 Å². The standard InChI is InChI=1S/C14H13N3O4/c1-16(13-8-12(17(20)21)6-7-15-13)9-10-2-4-11(5-3-10)14(18)19/h2-8H,9H2,1H3,(H,18,19). The average molecular weight is 287 g/mol. The van der Waals surface area contributed by atoms with Crippen LogP contribution in [0.25, 0.3) is 0 Å². The molecule has 0 amide bonds. The highest BCUT2D eigenvalue weighted by Gasteiger charge is 2.10. The molecule has 21 heavy (non-hydrogen) atoms. The number of pyridine rings is 1. The summed E-state index contributed by atoms with van der Waals surface area (Å²) in [4.78, 5) is 26.9. The monoisotopic (exact) mass is 287 g/mol. The van der Waals surface area contributed by atoms with E-state index in [0.29, 0.717) is 12.4 Å². The van der Waals surface area contributed by atoms with Crippen LogP contribution in [0.4, 0.5) is 11.5 Å². The zero-order valence-electron chi connectivity index (χ0n) is 11.3. The van der Waals surface area contributed by atoms with Gasteiger partial charge in [0.15, 0.2) is 0 Å². The van der Waals surface area contributed by atoms with E-state index in [1.54, 1.807) is 24.1 Å². The highest BCUT2D eigenvalue weighted by molar-refractivity contribution is 5.87. The van der Waals surface area contributed by atoms with Crippen LogP contribution in [0.15, 0.2) is 42.6 Å². The second kappa shape index (κ2) is 6.00. The number of nitro groups is 1. The highest BCUT2D eigenvalue weighted by Crippen LogP contribution is 2.18. The van der Waals surface area contributed by atoms with Crippen molar-refractivity contribution in [3.8, 4) is 0 Å². The first-order valence-electron chi connectivity index (χ1n) is 6.11. The molecule has 1 aromatic carbocycles. The molecule has 0 radical (unpaired) electrons. The number of aromatic carboxylic acids is 1. The first-order chi connectivity index (χ1) is 9.97. The highest BCUT2D eigenvalue weighted by atomic mass is 16.6. The van der Waals surface area contributed by atoms with E-state index in [1.807, 2.05) is 0 Å². The largest absolute Gasteiger partial charge is 0.478 e. The smallest absolute Gasteiger partial charge is 0.335 e. The maximum absolute atomic E-state index is 10.8. The lowest BCUT2D eigenvalue weighted by molar-refractivity contribution is -0.384. The van der Waals surface area contributed by atoms with Gasteiger partial charge in [-0.1, -0.05) is 12.1 Å². The van der Waals surface area contributed by atoms with Crippen LogP contribution in [0.5, 0.6) is 0 Å². The van der Waals surface area contributed by atoms with Gasteiger partial charge in [-0.05, 0) is 17.7 Å². The molecule has 0 spiro atoms. The van der Waals surface area contributed by atoms with E-state index in [4.69, 9.17) is 5.11 Å². The summed E-state index contributed by atoms with van der Waals surface area (Å²) in [5.41, 5.74) is 1.08. The molecular weight excluding hydrogens is 274 g/mol. The third kappa shape index (κ3) is 3.53. The fourth-order valence-corrected chi connectivity index (χ4v) is 1.84. The molecule has 2 aromatic rings. The molecule has 2 rings (SSSR count). The maximum Gasteiger partial charge on any atom is 0.335 e. The summed E-state index contributed by atoms with van der Waals surface area (Å²) in [5, 5.41) is 19.6. The first-order valence-corrected chi connectivity index (χ1v) is 6.11. The van der Waals surface area contributed by atoms with Crippen LogP contribution in [0.3, 0.4) is 0 Å². The van der Waals surface area contributed by atoms with Gasteiger partial charge in [0.25, 0.3) is 5.69 Å². The minimum Gasteiger partial charge on any atom is -0.478 e. The van der Waals surface area contributed by atoms with Gasteiger partial charge in [0.1, 0.15) is 5.82 Å². The Labute approximate surface area is 120 Å². The molecule has 7 nitrogen and oxygen atoms in total. The van der Waals surface area contributed by atoms with Crippen molar-refractivity contribution in [1.82, 2.24) is 4.98 Å². The van der Waals surface area contributed by atoms with Crippen molar-refractivity contribution >= 4 is 17.5 Å². The average Bonchev–Trinajstić information content (AvgIpc) is 2.48. The Morgan fingerprint density at radius 3 is 2.57 bits per heavy atom. The van der Waals surface area contributed by atoms with Crippen LogP contribution in [-0.2, 0) is 6.54 Å². The van der Waals surface area contributed by atoms with Gasteiger partial charge in [0, 0.05) is 25.9 Å². The van der Waals surface area contributed by atoms with E-state index in [9.17, 15) is 14.9 Å². The van der Waals surface area contributed by atoms with Gasteiger partial charge in [0.05, 0.1) is 16.6 Å². The Balaban J connectivity index is 2.13. The van der Waals surface area contributed by atoms with Gasteiger partial charge in [-0.2, -0.15) is 0 Å². The lowest BCUT2D eigenvalue weighted by Crippen LogP contribution is -2.17. The van der Waals surface area contributed by atoms with E-state index >= 15 is 0 Å². The molecule has 1 aromatic heterocycles. The molecule has 0 saturated carbocycles. The number of carboxylic acid groups (broad SMARTS) is 1. The minimum atomic E-state index is -0.977. The Morgan fingerprint density at radius 1 is 1.33 bits per heavy atom. The zero-order valence-corrected chi connectivity index (χ0v) is 11.3. The van der Waals surface area contributed by atoms with Crippen molar-refractivity contribution in [3.63, 3.8) is 0 Å². The quantitative estimate of drug-likeness (QED) is 0.669. The van der Waals surface area contributed by atoms with Crippen molar-refractivity contribution in [2.75, 3.05) is 11.9 Å². The molecule has 7 heteroatoms. The second-order valence-corrected chi connectivity index (χ2v) is 4.49. The zero-order chi connectivity index (χ0) is 15.4. The number of anilines is 1. The third-order valence-electron chi connectivity index (χ3n) is 2.95. The first kappa shape index (κ1) is 14.4. The van der Waals surface area contributed by atoms with E-state index < -0.39 is 10.9 Å². The Bertz CT molecular complexity index is 670. The number of aromatic nitrogens is 1. The molecule has 0 unspecified atom stereocenters. The van der Waals surface area contributed by atoms with Gasteiger partial charge >= 0.3 is 5.97 Å². The van der Waals surface area contributed by atoms with E-state index in [-0.39, 0.29) is 11.3 Å². The van der Waals surface area contributed by atoms with Crippen molar-refractivity contribution in [2.45, 2.75) is 6.54 Å². The summed E-state index contributed by atoms with van der Waals surface area (Å²) in [6.45, 7) is 0.466. The predicted octanol–water partition coefficient (Wildman–Crippen LogP) is 2.32. The van der Waals surface area contributed by atoms with Gasteiger partial charge in [0.2, 0.25) is 0 Å². The summed E-state index contributed by atoms with van der Waals surface area (Å²) in [6, 6.07) is 9.18. The minimum absolute atomic E-state index is 0.0203. The number of nitrogens with zero attached hydrogens (tertiary/aromatic N) is 3. The molecule has 0 fully saturated rings. The molecular formula is C14H13N3O4. The Morgan fingerprint density at radius 2 is 2.00 bits per heavy atom. The Hall–Kier alpha value is -2.96. The van der Waals surface area contributed by atoms with Gasteiger partial charge in [-0.25, -0.2) is 9.78 Å². The molecule has 0 aliphatic carbocycles. The molecule has 1 heterocycles. The molecule has 0 aliphatic heterocycles. The predicted molar refractivity (Wildman–Crippen MR) is 76.4 cm³/mol. The van der Waals surface area contributed by atoms with Crippen LogP contribution in [-0.4, -0.2) is 28.0 Å². The fourth-order valence-electron chi connectivity index (χ4n) is 1.84. The lowest BCUT2D eigenvalue weighted by atomic mass is 10.1. The van der Waals surface area contributed by atoms with Crippen LogP contribution in [0, 0.1) is 10.1 Å². The third-order valence-corrected chi connectivity index (χ3v) is 2.95. The van der Waals surface area contributed by atoms with Crippen LogP contribution in [0.1, 0.15) is 15.9 Å². The van der Waals surface area contributed by atoms with Crippen LogP contribution >= 0.6 is 0 Å². The van der Waals surface area contributed by atoms with Gasteiger partial charge < -0.3 is 10.0 Å². The molecule has 1 N–H and O–H groups in total. The number of rotatable bonds is 5. The summed E-state index contributed by atoms with van der Waals surface area (Å²) in [5.74, 6) is -0.498. The van der Waals surface area contributed by atoms with E-state index in [2.05, 4.69) is 4.98 Å². The fraction of sp³-hybridized carbons (Fsp3) is 0.143. The number of carboxylic acids is 1. The van der Waals surface area contributed by atoms with Gasteiger partial charge in [-0.15, -0.1) is 0 Å². The number of hydrogen-bond donors (Lipinski definition) is 1. The SMILES string of the molecule is CN(Cc1ccc(C(=O)O)cc1)c1cc([N+](=O)[O-])ccn1. The van der Waals surface area contributed by atoms with Crippen molar-refractivity contribution < 1.29 is 14.8 Å². The number of carbonyl (C=O) groups is 1. The number of hydrogen-bond acceptors (Lipinski definition) is 5. The molecule has 0 saturated heterocycles. The van der Waals surface area contributed by atoms with E-state index in [1.165, 1.54) is 30.5 Å². The molecule has 108 valence electrons. The van der Waals surface area contributed by atoms with Crippen LogP contribution < -0.4 is 4.90 Å². The van der Waals surface area contributed by atoms with E-state index in [0.717, 1.165) is 5.56 Å². The van der Waals surface area contributed by atoms with Crippen molar-refractivity contribution in [2.24, 2.45) is 0 Å². The normalized spacial score (nSPS) is 10.1. The lowest BCUT2D eigenvalue weighted by Gasteiger charge is -2.17. The van der Waals surface area contributed by atoms with Crippen molar-refractivity contribution in [1.29, 1.82) is 0 Å². The summed E-state index contributed by atoms with van der Waals surface area (Å²) in [6.07, 6.45) is 1.39. The topological polar surface area (TPSA) is 96.6 Å². The summed E-state index contributed by atoms with van der Waals surface area (Å²) >= 11 is 0. The number of benzene rings is 1. The molecule has 0 atom stereocenters. The summed E-state index contributed by atoms with van der Waals surface area (Å²) < 4.78 is 0. The molecule has 0 aliphatic rings. The van der Waals surface area contributed by atoms with Crippen LogP contribution in [0.2, 0.25) is 0 Å². The second-order valence-electron chi connectivity index (χ2n) is 4.49. The summed E-state index contributed by atoms with van der Waals surface area (Å²) in [7, 11) is 1.76.